The predicted molar refractivity (Wildman–Crippen MR) is 142 cm³/mol. The summed E-state index contributed by atoms with van der Waals surface area (Å²) in [6.45, 7) is 12.7. The minimum Gasteiger partial charge on any atom is -0.303 e. The smallest absolute Gasteiger partial charge is 0.0845 e. The lowest BCUT2D eigenvalue weighted by Crippen LogP contribution is -2.47. The third-order valence-corrected chi connectivity index (χ3v) is 8.75. The summed E-state index contributed by atoms with van der Waals surface area (Å²) in [6.07, 6.45) is 7.22. The molecular formula is C31H43N3. The van der Waals surface area contributed by atoms with Crippen molar-refractivity contribution in [3.05, 3.63) is 71.3 Å². The fourth-order valence-electron chi connectivity index (χ4n) is 6.46. The summed E-state index contributed by atoms with van der Waals surface area (Å²) < 4.78 is 0. The van der Waals surface area contributed by atoms with E-state index in [1.54, 1.807) is 5.56 Å². The molecule has 0 aromatic heterocycles. The van der Waals surface area contributed by atoms with Crippen LogP contribution < -0.4 is 0 Å². The number of piperidine rings is 2. The SMILES string of the molecule is Cc1ccccc1C1CCN(C2CCN(CCCC(C#N)(c3ccccc3)C(C)C)CC2)CC1. The first kappa shape index (κ1) is 25.0. The van der Waals surface area contributed by atoms with E-state index in [4.69, 9.17) is 0 Å². The molecule has 0 bridgehead atoms. The van der Waals surface area contributed by atoms with Crippen molar-refractivity contribution in [1.82, 2.24) is 9.80 Å². The molecule has 3 nitrogen and oxygen atoms in total. The van der Waals surface area contributed by atoms with Gasteiger partial charge in [-0.05, 0) is 107 Å². The number of hydrogen-bond donors (Lipinski definition) is 0. The summed E-state index contributed by atoms with van der Waals surface area (Å²) in [5.41, 5.74) is 3.84. The minimum absolute atomic E-state index is 0.313. The van der Waals surface area contributed by atoms with Gasteiger partial charge >= 0.3 is 0 Å². The van der Waals surface area contributed by atoms with Gasteiger partial charge in [0.05, 0.1) is 11.5 Å². The number of aryl methyl sites for hydroxylation is 1. The summed E-state index contributed by atoms with van der Waals surface area (Å²) in [4.78, 5) is 5.42. The van der Waals surface area contributed by atoms with Gasteiger partial charge in [0, 0.05) is 6.04 Å². The summed E-state index contributed by atoms with van der Waals surface area (Å²) in [6, 6.07) is 22.9. The van der Waals surface area contributed by atoms with Gasteiger partial charge in [-0.25, -0.2) is 0 Å². The van der Waals surface area contributed by atoms with Crippen LogP contribution in [-0.4, -0.2) is 48.6 Å². The summed E-state index contributed by atoms with van der Waals surface area (Å²) in [5, 5.41) is 10.2. The van der Waals surface area contributed by atoms with Crippen molar-refractivity contribution in [2.24, 2.45) is 5.92 Å². The highest BCUT2D eigenvalue weighted by atomic mass is 15.2. The van der Waals surface area contributed by atoms with Crippen LogP contribution >= 0.6 is 0 Å². The fourth-order valence-corrected chi connectivity index (χ4v) is 6.46. The summed E-state index contributed by atoms with van der Waals surface area (Å²) in [7, 11) is 0. The fraction of sp³-hybridized carbons (Fsp3) is 0.581. The number of hydrogen-bond acceptors (Lipinski definition) is 3. The average Bonchev–Trinajstić information content (AvgIpc) is 2.88. The van der Waals surface area contributed by atoms with E-state index in [0.717, 1.165) is 31.3 Å². The molecule has 182 valence electrons. The molecule has 34 heavy (non-hydrogen) atoms. The normalized spacial score (nSPS) is 20.8. The van der Waals surface area contributed by atoms with Crippen LogP contribution in [0.3, 0.4) is 0 Å². The van der Waals surface area contributed by atoms with E-state index in [2.05, 4.69) is 85.2 Å². The van der Waals surface area contributed by atoms with Gasteiger partial charge in [0.25, 0.3) is 0 Å². The Hall–Kier alpha value is -2.15. The van der Waals surface area contributed by atoms with Gasteiger partial charge in [-0.15, -0.1) is 0 Å². The zero-order valence-electron chi connectivity index (χ0n) is 21.5. The molecule has 0 aliphatic carbocycles. The highest BCUT2D eigenvalue weighted by Crippen LogP contribution is 2.37. The van der Waals surface area contributed by atoms with Crippen molar-refractivity contribution < 1.29 is 0 Å². The molecule has 2 aromatic carbocycles. The van der Waals surface area contributed by atoms with E-state index in [9.17, 15) is 5.26 Å². The monoisotopic (exact) mass is 457 g/mol. The van der Waals surface area contributed by atoms with Gasteiger partial charge in [0.1, 0.15) is 0 Å². The highest BCUT2D eigenvalue weighted by molar-refractivity contribution is 5.33. The molecule has 2 saturated heterocycles. The maximum atomic E-state index is 10.2. The highest BCUT2D eigenvalue weighted by Gasteiger charge is 2.36. The predicted octanol–water partition coefficient (Wildman–Crippen LogP) is 6.54. The Morgan fingerprint density at radius 3 is 2.18 bits per heavy atom. The first-order chi connectivity index (χ1) is 16.5. The number of likely N-dealkylation sites (tertiary alicyclic amines) is 2. The Labute approximate surface area is 207 Å². The van der Waals surface area contributed by atoms with Crippen LogP contribution in [0.4, 0.5) is 0 Å². The van der Waals surface area contributed by atoms with Crippen molar-refractivity contribution in [1.29, 1.82) is 5.26 Å². The van der Waals surface area contributed by atoms with E-state index in [0.29, 0.717) is 5.92 Å². The Morgan fingerprint density at radius 2 is 1.56 bits per heavy atom. The van der Waals surface area contributed by atoms with E-state index in [1.165, 1.54) is 63.0 Å². The number of nitriles is 1. The number of nitrogens with zero attached hydrogens (tertiary/aromatic N) is 3. The van der Waals surface area contributed by atoms with Crippen LogP contribution in [0.25, 0.3) is 0 Å². The minimum atomic E-state index is -0.374. The van der Waals surface area contributed by atoms with Crippen molar-refractivity contribution in [2.75, 3.05) is 32.7 Å². The molecule has 3 heteroatoms. The van der Waals surface area contributed by atoms with Crippen molar-refractivity contribution in [3.63, 3.8) is 0 Å². The standard InChI is InChI=1S/C31H43N3/c1-25(2)31(24-32,28-11-5-4-6-12-28)18-9-19-33-20-16-29(17-21-33)34-22-14-27(15-23-34)30-13-8-7-10-26(30)3/h4-8,10-13,25,27,29H,9,14-23H2,1-3H3. The summed E-state index contributed by atoms with van der Waals surface area (Å²) in [5.74, 6) is 1.05. The maximum absolute atomic E-state index is 10.2. The van der Waals surface area contributed by atoms with E-state index in [1.807, 2.05) is 6.07 Å². The lowest BCUT2D eigenvalue weighted by atomic mass is 9.70. The molecule has 1 unspecified atom stereocenters. The maximum Gasteiger partial charge on any atom is 0.0845 e. The van der Waals surface area contributed by atoms with E-state index < -0.39 is 0 Å². The topological polar surface area (TPSA) is 30.3 Å². The molecule has 0 saturated carbocycles. The quantitative estimate of drug-likeness (QED) is 0.451. The molecule has 0 radical (unpaired) electrons. The van der Waals surface area contributed by atoms with Crippen molar-refractivity contribution in [2.45, 2.75) is 76.7 Å². The molecule has 0 amide bonds. The Morgan fingerprint density at radius 1 is 0.912 bits per heavy atom. The van der Waals surface area contributed by atoms with Crippen LogP contribution in [-0.2, 0) is 5.41 Å². The molecule has 2 aromatic rings. The van der Waals surface area contributed by atoms with Crippen LogP contribution in [0, 0.1) is 24.2 Å². The lowest BCUT2D eigenvalue weighted by molar-refractivity contribution is 0.0858. The van der Waals surface area contributed by atoms with Crippen LogP contribution in [0.1, 0.15) is 75.0 Å². The van der Waals surface area contributed by atoms with Crippen LogP contribution in [0.2, 0.25) is 0 Å². The third-order valence-electron chi connectivity index (χ3n) is 8.75. The Bertz CT molecular complexity index is 931. The second kappa shape index (κ2) is 11.5. The van der Waals surface area contributed by atoms with Gasteiger partial charge in [0.2, 0.25) is 0 Å². The molecular weight excluding hydrogens is 414 g/mol. The van der Waals surface area contributed by atoms with Crippen LogP contribution in [0.5, 0.6) is 0 Å². The van der Waals surface area contributed by atoms with Gasteiger partial charge in [0.15, 0.2) is 0 Å². The number of rotatable bonds is 8. The second-order valence-corrected chi connectivity index (χ2v) is 10.9. The second-order valence-electron chi connectivity index (χ2n) is 10.9. The average molecular weight is 458 g/mol. The largest absolute Gasteiger partial charge is 0.303 e. The zero-order chi connectivity index (χ0) is 24.0. The first-order valence-corrected chi connectivity index (χ1v) is 13.5. The summed E-state index contributed by atoms with van der Waals surface area (Å²) >= 11 is 0. The third kappa shape index (κ3) is 5.56. The molecule has 2 fully saturated rings. The zero-order valence-corrected chi connectivity index (χ0v) is 21.5. The first-order valence-electron chi connectivity index (χ1n) is 13.5. The van der Waals surface area contributed by atoms with Crippen LogP contribution in [0.15, 0.2) is 54.6 Å². The molecule has 0 N–H and O–H groups in total. The van der Waals surface area contributed by atoms with E-state index >= 15 is 0 Å². The lowest BCUT2D eigenvalue weighted by Gasteiger charge is -2.42. The molecule has 0 spiro atoms. The van der Waals surface area contributed by atoms with Gasteiger partial charge in [-0.3, -0.25) is 0 Å². The van der Waals surface area contributed by atoms with Gasteiger partial charge in [-0.2, -0.15) is 5.26 Å². The molecule has 4 rings (SSSR count). The van der Waals surface area contributed by atoms with Gasteiger partial charge < -0.3 is 9.80 Å². The molecule has 2 aliphatic rings. The Kier molecular flexibility index (Phi) is 8.46. The Balaban J connectivity index is 1.22. The molecule has 2 heterocycles. The van der Waals surface area contributed by atoms with Crippen molar-refractivity contribution in [3.8, 4) is 6.07 Å². The molecule has 2 aliphatic heterocycles. The van der Waals surface area contributed by atoms with E-state index in [-0.39, 0.29) is 5.41 Å². The molecule has 1 atom stereocenters. The van der Waals surface area contributed by atoms with Gasteiger partial charge in [-0.1, -0.05) is 68.4 Å². The number of benzene rings is 2. The van der Waals surface area contributed by atoms with Crippen molar-refractivity contribution >= 4 is 0 Å².